The second-order valence-corrected chi connectivity index (χ2v) is 10.9. The molecule has 1 aromatic carbocycles. The Balaban J connectivity index is 1.60. The summed E-state index contributed by atoms with van der Waals surface area (Å²) in [5.74, 6) is 2.07. The van der Waals surface area contributed by atoms with Crippen LogP contribution < -0.4 is 19.7 Å². The topological polar surface area (TPSA) is 109 Å². The number of amides is 1. The Morgan fingerprint density at radius 2 is 1.89 bits per heavy atom. The van der Waals surface area contributed by atoms with Crippen molar-refractivity contribution in [2.75, 3.05) is 58.0 Å². The number of rotatable bonds is 9. The molecule has 204 valence electrons. The number of fused-ring (bicyclic) bond motifs is 1. The second-order valence-electron chi connectivity index (χ2n) is 10.9. The van der Waals surface area contributed by atoms with Gasteiger partial charge in [-0.25, -0.2) is 14.8 Å². The third-order valence-electron chi connectivity index (χ3n) is 7.29. The summed E-state index contributed by atoms with van der Waals surface area (Å²) < 4.78 is 17.5. The summed E-state index contributed by atoms with van der Waals surface area (Å²) in [6.45, 7) is 10.3. The van der Waals surface area contributed by atoms with Crippen LogP contribution in [0.3, 0.4) is 0 Å². The fraction of sp³-hybridized carbons (Fsp3) is 0.667. The van der Waals surface area contributed by atoms with Crippen molar-refractivity contribution in [2.24, 2.45) is 5.41 Å². The van der Waals surface area contributed by atoms with E-state index in [0.717, 1.165) is 29.7 Å². The monoisotopic (exact) mass is 515 g/mol. The van der Waals surface area contributed by atoms with Gasteiger partial charge in [0.25, 0.3) is 0 Å². The van der Waals surface area contributed by atoms with Gasteiger partial charge in [-0.3, -0.25) is 0 Å². The number of nitrogens with zero attached hydrogens (tertiary/aromatic N) is 4. The van der Waals surface area contributed by atoms with E-state index in [1.54, 1.807) is 18.3 Å². The number of piperidine rings is 1. The number of carboxylic acid groups (broad SMARTS) is 1. The minimum Gasteiger partial charge on any atom is -0.490 e. The number of ether oxygens (including phenoxy) is 3. The molecule has 0 bridgehead atoms. The molecule has 10 heteroatoms. The molecule has 2 unspecified atom stereocenters. The molecule has 2 N–H and O–H groups in total. The van der Waals surface area contributed by atoms with Crippen molar-refractivity contribution < 1.29 is 24.1 Å². The van der Waals surface area contributed by atoms with Gasteiger partial charge in [-0.05, 0) is 37.3 Å². The maximum atomic E-state index is 11.9. The van der Waals surface area contributed by atoms with Gasteiger partial charge in [0.05, 0.1) is 24.8 Å². The Kier molecular flexibility index (Phi) is 8.91. The molecule has 2 aliphatic heterocycles. The number of methoxy groups -OCH3 is 1. The van der Waals surface area contributed by atoms with Gasteiger partial charge in [0.15, 0.2) is 11.5 Å². The van der Waals surface area contributed by atoms with Gasteiger partial charge in [-0.2, -0.15) is 0 Å². The first-order valence-electron chi connectivity index (χ1n) is 13.3. The van der Waals surface area contributed by atoms with Crippen molar-refractivity contribution in [2.45, 2.75) is 58.5 Å². The van der Waals surface area contributed by atoms with Gasteiger partial charge in [0.1, 0.15) is 18.8 Å². The van der Waals surface area contributed by atoms with Crippen LogP contribution in [-0.2, 0) is 4.74 Å². The minimum absolute atomic E-state index is 0.169. The number of carbonyl (C=O) groups is 1. The van der Waals surface area contributed by atoms with Gasteiger partial charge < -0.3 is 34.4 Å². The van der Waals surface area contributed by atoms with Crippen molar-refractivity contribution in [3.8, 4) is 11.5 Å². The van der Waals surface area contributed by atoms with E-state index in [1.807, 2.05) is 12.1 Å². The largest absolute Gasteiger partial charge is 0.490 e. The summed E-state index contributed by atoms with van der Waals surface area (Å²) >= 11 is 0. The first-order valence-corrected chi connectivity index (χ1v) is 13.3. The molecule has 2 atom stereocenters. The molecule has 1 aromatic heterocycles. The third kappa shape index (κ3) is 6.73. The normalized spacial score (nSPS) is 20.8. The predicted molar refractivity (Wildman–Crippen MR) is 143 cm³/mol. The molecule has 0 saturated carbocycles. The number of hydrogen-bond acceptors (Lipinski definition) is 8. The molecule has 0 spiro atoms. The van der Waals surface area contributed by atoms with E-state index < -0.39 is 6.09 Å². The third-order valence-corrected chi connectivity index (χ3v) is 7.29. The highest BCUT2D eigenvalue weighted by atomic mass is 16.5. The van der Waals surface area contributed by atoms with Crippen LogP contribution in [0.25, 0.3) is 10.9 Å². The van der Waals surface area contributed by atoms with Crippen LogP contribution in [0.4, 0.5) is 10.6 Å². The quantitative estimate of drug-likeness (QED) is 0.482. The van der Waals surface area contributed by atoms with Crippen LogP contribution in [0.2, 0.25) is 0 Å². The molecule has 2 aliphatic rings. The molecule has 37 heavy (non-hydrogen) atoms. The molecule has 2 saturated heterocycles. The highest BCUT2D eigenvalue weighted by Gasteiger charge is 2.38. The molecule has 3 heterocycles. The van der Waals surface area contributed by atoms with Gasteiger partial charge in [-0.15, -0.1) is 0 Å². The zero-order valence-electron chi connectivity index (χ0n) is 22.5. The van der Waals surface area contributed by atoms with Gasteiger partial charge in [0, 0.05) is 44.2 Å². The number of nitrogens with one attached hydrogen (secondary N) is 1. The number of aromatic nitrogens is 2. The lowest BCUT2D eigenvalue weighted by Crippen LogP contribution is -2.59. The van der Waals surface area contributed by atoms with Crippen molar-refractivity contribution in [1.82, 2.24) is 20.2 Å². The maximum Gasteiger partial charge on any atom is 0.407 e. The molecule has 2 aromatic rings. The Morgan fingerprint density at radius 3 is 2.59 bits per heavy atom. The standard InChI is InChI=1S/C27H41N5O5/c1-27(2,3)24-17-31(10-11-32(24)26(33)34)25-20-15-22(37-14-13-35-4)23(16-21(20)29-18-30-25)36-12-8-19-7-5-6-9-28-19/h15-16,18-19,24,28H,5-14,17H2,1-4H3,(H,33,34). The summed E-state index contributed by atoms with van der Waals surface area (Å²) in [6, 6.07) is 4.19. The molecule has 0 radical (unpaired) electrons. The zero-order valence-corrected chi connectivity index (χ0v) is 22.5. The SMILES string of the molecule is COCCOc1cc2c(N3CCN(C(=O)O)C(C(C)(C)C)C3)ncnc2cc1OCCC1CCCCN1. The summed E-state index contributed by atoms with van der Waals surface area (Å²) in [4.78, 5) is 24.8. The Labute approximate surface area is 219 Å². The maximum absolute atomic E-state index is 11.9. The van der Waals surface area contributed by atoms with Gasteiger partial charge in [-0.1, -0.05) is 27.2 Å². The van der Waals surface area contributed by atoms with Gasteiger partial charge >= 0.3 is 6.09 Å². The van der Waals surface area contributed by atoms with Crippen LogP contribution >= 0.6 is 0 Å². The predicted octanol–water partition coefficient (Wildman–Crippen LogP) is 3.78. The first-order chi connectivity index (χ1) is 17.8. The van der Waals surface area contributed by atoms with E-state index in [1.165, 1.54) is 19.3 Å². The van der Waals surface area contributed by atoms with Crippen LogP contribution in [0, 0.1) is 5.41 Å². The zero-order chi connectivity index (χ0) is 26.4. The molecule has 2 fully saturated rings. The van der Waals surface area contributed by atoms with E-state index in [9.17, 15) is 9.90 Å². The number of hydrogen-bond donors (Lipinski definition) is 2. The Morgan fingerprint density at radius 1 is 1.11 bits per heavy atom. The second kappa shape index (κ2) is 12.1. The molecule has 4 rings (SSSR count). The average molecular weight is 516 g/mol. The van der Waals surface area contributed by atoms with E-state index in [-0.39, 0.29) is 11.5 Å². The fourth-order valence-electron chi connectivity index (χ4n) is 5.19. The lowest BCUT2D eigenvalue weighted by Gasteiger charge is -2.46. The summed E-state index contributed by atoms with van der Waals surface area (Å²) in [7, 11) is 1.65. The van der Waals surface area contributed by atoms with E-state index in [4.69, 9.17) is 14.2 Å². The minimum atomic E-state index is -0.883. The van der Waals surface area contributed by atoms with Crippen LogP contribution in [-0.4, -0.2) is 91.3 Å². The van der Waals surface area contributed by atoms with Gasteiger partial charge in [0.2, 0.25) is 0 Å². The van der Waals surface area contributed by atoms with E-state index in [2.05, 4.69) is 41.0 Å². The Bertz CT molecular complexity index is 1050. The van der Waals surface area contributed by atoms with Crippen molar-refractivity contribution in [3.05, 3.63) is 18.5 Å². The molecule has 1 amide bonds. The van der Waals surface area contributed by atoms with E-state index >= 15 is 0 Å². The molecule has 0 aliphatic carbocycles. The van der Waals surface area contributed by atoms with Crippen LogP contribution in [0.1, 0.15) is 46.5 Å². The smallest absolute Gasteiger partial charge is 0.407 e. The lowest BCUT2D eigenvalue weighted by atomic mass is 9.84. The van der Waals surface area contributed by atoms with Crippen molar-refractivity contribution >= 4 is 22.8 Å². The summed E-state index contributed by atoms with van der Waals surface area (Å²) in [5, 5.41) is 14.2. The fourth-order valence-corrected chi connectivity index (χ4v) is 5.19. The van der Waals surface area contributed by atoms with Crippen molar-refractivity contribution in [1.29, 1.82) is 0 Å². The number of benzene rings is 1. The summed E-state index contributed by atoms with van der Waals surface area (Å²) in [5.41, 5.74) is 0.547. The molecule has 10 nitrogen and oxygen atoms in total. The highest BCUT2D eigenvalue weighted by molar-refractivity contribution is 5.92. The number of anilines is 1. The van der Waals surface area contributed by atoms with Crippen molar-refractivity contribution in [3.63, 3.8) is 0 Å². The first kappa shape index (κ1) is 27.2. The Hall–Kier alpha value is -2.85. The average Bonchev–Trinajstić information content (AvgIpc) is 2.88. The lowest BCUT2D eigenvalue weighted by molar-refractivity contribution is 0.0747. The molecular formula is C27H41N5O5. The van der Waals surface area contributed by atoms with E-state index in [0.29, 0.717) is 57.0 Å². The van der Waals surface area contributed by atoms with Crippen LogP contribution in [0.5, 0.6) is 11.5 Å². The number of piperazine rings is 1. The highest BCUT2D eigenvalue weighted by Crippen LogP contribution is 2.37. The molecular weight excluding hydrogens is 474 g/mol. The summed E-state index contributed by atoms with van der Waals surface area (Å²) in [6.07, 6.45) is 5.30. The van der Waals surface area contributed by atoms with Crippen LogP contribution in [0.15, 0.2) is 18.5 Å².